The summed E-state index contributed by atoms with van der Waals surface area (Å²) in [6.45, 7) is 2.93. The van der Waals surface area contributed by atoms with Gasteiger partial charge in [0.2, 0.25) is 10.0 Å². The monoisotopic (exact) mass is 361 g/mol. The average molecular weight is 361 g/mol. The molecule has 0 bridgehead atoms. The Balaban J connectivity index is 1.50. The van der Waals surface area contributed by atoms with Crippen molar-refractivity contribution in [3.05, 3.63) is 53.6 Å². The maximum absolute atomic E-state index is 12.3. The van der Waals surface area contributed by atoms with Gasteiger partial charge in [0.25, 0.3) is 0 Å². The second kappa shape index (κ2) is 7.89. The van der Waals surface area contributed by atoms with Crippen LogP contribution in [0.15, 0.2) is 47.4 Å². The molecule has 2 aromatic rings. The van der Waals surface area contributed by atoms with Crippen molar-refractivity contribution in [1.29, 1.82) is 0 Å². The molecule has 6 heteroatoms. The van der Waals surface area contributed by atoms with E-state index < -0.39 is 10.0 Å². The lowest BCUT2D eigenvalue weighted by Gasteiger charge is -2.10. The molecule has 0 saturated carbocycles. The first-order valence-electron chi connectivity index (χ1n) is 8.55. The second-order valence-corrected chi connectivity index (χ2v) is 7.70. The van der Waals surface area contributed by atoms with Crippen molar-refractivity contribution in [2.45, 2.75) is 31.1 Å². The normalized spacial score (nSPS) is 13.5. The number of aryl methyl sites for hydroxylation is 2. The molecular formula is C19H23NO4S. The summed E-state index contributed by atoms with van der Waals surface area (Å²) in [5.74, 6) is 1.45. The van der Waals surface area contributed by atoms with Gasteiger partial charge in [-0.15, -0.1) is 0 Å². The van der Waals surface area contributed by atoms with Crippen molar-refractivity contribution in [2.24, 2.45) is 0 Å². The minimum atomic E-state index is -3.54. The molecule has 5 nitrogen and oxygen atoms in total. The minimum Gasteiger partial charge on any atom is -0.494 e. The SMILES string of the molecule is CCOc1ccc(S(=O)(=O)NCCOc2ccc3c(c2)CCC3)cc1. The highest BCUT2D eigenvalue weighted by Gasteiger charge is 2.14. The fourth-order valence-electron chi connectivity index (χ4n) is 2.95. The number of benzene rings is 2. The zero-order valence-electron chi connectivity index (χ0n) is 14.3. The molecule has 0 radical (unpaired) electrons. The van der Waals surface area contributed by atoms with Gasteiger partial charge in [0, 0.05) is 6.54 Å². The van der Waals surface area contributed by atoms with E-state index in [0.717, 1.165) is 18.6 Å². The summed E-state index contributed by atoms with van der Waals surface area (Å²) in [5, 5.41) is 0. The first kappa shape index (κ1) is 17.8. The standard InChI is InChI=1S/C19H23NO4S/c1-2-23-17-8-10-19(11-9-17)25(21,22)20-12-13-24-18-7-6-15-4-3-5-16(15)14-18/h6-11,14,20H,2-5,12-13H2,1H3. The van der Waals surface area contributed by atoms with Gasteiger partial charge in [0.05, 0.1) is 11.5 Å². The first-order chi connectivity index (χ1) is 12.1. The fourth-order valence-corrected chi connectivity index (χ4v) is 3.96. The van der Waals surface area contributed by atoms with E-state index in [-0.39, 0.29) is 18.0 Å². The van der Waals surface area contributed by atoms with Gasteiger partial charge in [-0.25, -0.2) is 13.1 Å². The Kier molecular flexibility index (Phi) is 5.60. The Morgan fingerprint density at radius 1 is 0.960 bits per heavy atom. The van der Waals surface area contributed by atoms with Gasteiger partial charge in [-0.3, -0.25) is 0 Å². The van der Waals surface area contributed by atoms with E-state index in [9.17, 15) is 8.42 Å². The number of rotatable bonds is 8. The van der Waals surface area contributed by atoms with Gasteiger partial charge in [-0.1, -0.05) is 6.07 Å². The third-order valence-corrected chi connectivity index (χ3v) is 5.65. The van der Waals surface area contributed by atoms with Gasteiger partial charge >= 0.3 is 0 Å². The third-order valence-electron chi connectivity index (χ3n) is 4.18. The Bertz CT molecular complexity index is 816. The molecule has 1 aliphatic rings. The van der Waals surface area contributed by atoms with Crippen molar-refractivity contribution in [3.63, 3.8) is 0 Å². The lowest BCUT2D eigenvalue weighted by atomic mass is 10.1. The van der Waals surface area contributed by atoms with Crippen LogP contribution in [0, 0.1) is 0 Å². The average Bonchev–Trinajstić information content (AvgIpc) is 3.07. The van der Waals surface area contributed by atoms with Crippen molar-refractivity contribution in [3.8, 4) is 11.5 Å². The van der Waals surface area contributed by atoms with E-state index in [2.05, 4.69) is 16.9 Å². The summed E-state index contributed by atoms with van der Waals surface area (Å²) < 4.78 is 38.1. The van der Waals surface area contributed by atoms with E-state index in [4.69, 9.17) is 9.47 Å². The van der Waals surface area contributed by atoms with Crippen LogP contribution in [0.25, 0.3) is 0 Å². The molecule has 0 atom stereocenters. The highest BCUT2D eigenvalue weighted by Crippen LogP contribution is 2.25. The summed E-state index contributed by atoms with van der Waals surface area (Å²) in [4.78, 5) is 0.216. The molecule has 0 heterocycles. The maximum atomic E-state index is 12.3. The van der Waals surface area contributed by atoms with Gasteiger partial charge in [0.15, 0.2) is 0 Å². The number of hydrogen-bond donors (Lipinski definition) is 1. The highest BCUT2D eigenvalue weighted by atomic mass is 32.2. The Morgan fingerprint density at radius 2 is 1.68 bits per heavy atom. The summed E-state index contributed by atoms with van der Waals surface area (Å²) in [6, 6.07) is 12.5. The Morgan fingerprint density at radius 3 is 2.44 bits per heavy atom. The van der Waals surface area contributed by atoms with Crippen molar-refractivity contribution < 1.29 is 17.9 Å². The summed E-state index contributed by atoms with van der Waals surface area (Å²) in [7, 11) is -3.54. The molecule has 0 aromatic heterocycles. The lowest BCUT2D eigenvalue weighted by molar-refractivity contribution is 0.322. The molecule has 1 aliphatic carbocycles. The smallest absolute Gasteiger partial charge is 0.240 e. The zero-order chi connectivity index (χ0) is 17.7. The molecule has 0 fully saturated rings. The molecule has 134 valence electrons. The number of sulfonamides is 1. The van der Waals surface area contributed by atoms with Crippen LogP contribution in [-0.2, 0) is 22.9 Å². The number of ether oxygens (including phenoxy) is 2. The van der Waals surface area contributed by atoms with Crippen molar-refractivity contribution in [1.82, 2.24) is 4.72 Å². The Hall–Kier alpha value is -2.05. The zero-order valence-corrected chi connectivity index (χ0v) is 15.1. The van der Waals surface area contributed by atoms with Crippen LogP contribution in [0.2, 0.25) is 0 Å². The van der Waals surface area contributed by atoms with E-state index in [1.165, 1.54) is 29.7 Å². The molecule has 0 unspecified atom stereocenters. The van der Waals surface area contributed by atoms with Crippen LogP contribution < -0.4 is 14.2 Å². The van der Waals surface area contributed by atoms with Crippen LogP contribution in [0.4, 0.5) is 0 Å². The number of fused-ring (bicyclic) bond motifs is 1. The van der Waals surface area contributed by atoms with Gasteiger partial charge in [-0.2, -0.15) is 0 Å². The third kappa shape index (κ3) is 4.52. The van der Waals surface area contributed by atoms with Crippen molar-refractivity contribution in [2.75, 3.05) is 19.8 Å². The molecule has 3 rings (SSSR count). The minimum absolute atomic E-state index is 0.215. The predicted molar refractivity (Wildman–Crippen MR) is 96.8 cm³/mol. The Labute approximate surface area is 149 Å². The summed E-state index contributed by atoms with van der Waals surface area (Å²) >= 11 is 0. The largest absolute Gasteiger partial charge is 0.494 e. The summed E-state index contributed by atoms with van der Waals surface area (Å²) in [6.07, 6.45) is 3.43. The molecule has 0 spiro atoms. The van der Waals surface area contributed by atoms with Crippen LogP contribution in [0.1, 0.15) is 24.5 Å². The summed E-state index contributed by atoms with van der Waals surface area (Å²) in [5.41, 5.74) is 2.73. The molecule has 1 N–H and O–H groups in total. The quantitative estimate of drug-likeness (QED) is 0.734. The second-order valence-electron chi connectivity index (χ2n) is 5.93. The molecule has 25 heavy (non-hydrogen) atoms. The topological polar surface area (TPSA) is 64.6 Å². The van der Waals surface area contributed by atoms with Crippen LogP contribution in [0.5, 0.6) is 11.5 Å². The molecule has 0 aliphatic heterocycles. The van der Waals surface area contributed by atoms with Gasteiger partial charge in [0.1, 0.15) is 18.1 Å². The fraction of sp³-hybridized carbons (Fsp3) is 0.368. The molecule has 0 saturated heterocycles. The lowest BCUT2D eigenvalue weighted by Crippen LogP contribution is -2.28. The van der Waals surface area contributed by atoms with E-state index in [1.54, 1.807) is 12.1 Å². The maximum Gasteiger partial charge on any atom is 0.240 e. The van der Waals surface area contributed by atoms with E-state index in [0.29, 0.717) is 12.4 Å². The number of nitrogens with one attached hydrogen (secondary N) is 1. The van der Waals surface area contributed by atoms with Gasteiger partial charge in [-0.05, 0) is 73.7 Å². The predicted octanol–water partition coefficient (Wildman–Crippen LogP) is 2.93. The van der Waals surface area contributed by atoms with E-state index in [1.807, 2.05) is 13.0 Å². The highest BCUT2D eigenvalue weighted by molar-refractivity contribution is 7.89. The van der Waals surface area contributed by atoms with Crippen LogP contribution in [0.3, 0.4) is 0 Å². The van der Waals surface area contributed by atoms with Gasteiger partial charge < -0.3 is 9.47 Å². The van der Waals surface area contributed by atoms with Crippen molar-refractivity contribution >= 4 is 10.0 Å². The van der Waals surface area contributed by atoms with Crippen LogP contribution in [-0.4, -0.2) is 28.2 Å². The van der Waals surface area contributed by atoms with E-state index >= 15 is 0 Å². The first-order valence-corrected chi connectivity index (χ1v) is 10.0. The van der Waals surface area contributed by atoms with Crippen LogP contribution >= 0.6 is 0 Å². The molecule has 0 amide bonds. The number of hydrogen-bond acceptors (Lipinski definition) is 4. The molecule has 2 aromatic carbocycles. The molecular weight excluding hydrogens is 338 g/mol.